The van der Waals surface area contributed by atoms with Crippen molar-refractivity contribution < 1.29 is 23.8 Å². The first kappa shape index (κ1) is 24.3. The molecule has 1 N–H and O–H groups in total. The van der Waals surface area contributed by atoms with Crippen LogP contribution in [0.2, 0.25) is 0 Å². The second-order valence-electron chi connectivity index (χ2n) is 7.86. The van der Waals surface area contributed by atoms with E-state index < -0.39 is 0 Å². The van der Waals surface area contributed by atoms with Crippen molar-refractivity contribution in [1.29, 1.82) is 0 Å². The summed E-state index contributed by atoms with van der Waals surface area (Å²) in [6.45, 7) is 5.51. The molecule has 0 unspecified atom stereocenters. The van der Waals surface area contributed by atoms with Gasteiger partial charge in [-0.3, -0.25) is 14.5 Å². The van der Waals surface area contributed by atoms with Gasteiger partial charge >= 0.3 is 0 Å². The Balaban J connectivity index is 1.94. The molecule has 2 aromatic rings. The molecule has 0 fully saturated rings. The first-order valence-electron chi connectivity index (χ1n) is 11.2. The van der Waals surface area contributed by atoms with E-state index in [4.69, 9.17) is 14.2 Å². The topological polar surface area (TPSA) is 77.1 Å². The summed E-state index contributed by atoms with van der Waals surface area (Å²) in [6, 6.07) is 12.8. The summed E-state index contributed by atoms with van der Waals surface area (Å²) < 4.78 is 16.6. The Hall–Kier alpha value is -3.32. The van der Waals surface area contributed by atoms with E-state index in [2.05, 4.69) is 12.2 Å². The van der Waals surface area contributed by atoms with Gasteiger partial charge in [0.2, 0.25) is 0 Å². The normalized spacial score (nSPS) is 13.6. The van der Waals surface area contributed by atoms with E-state index in [9.17, 15) is 9.59 Å². The number of imide groups is 1. The van der Waals surface area contributed by atoms with Crippen molar-refractivity contribution in [2.45, 2.75) is 33.1 Å². The molecule has 7 heteroatoms. The smallest absolute Gasteiger partial charge is 0.278 e. The van der Waals surface area contributed by atoms with Gasteiger partial charge in [0.05, 0.1) is 25.5 Å². The van der Waals surface area contributed by atoms with Crippen LogP contribution >= 0.6 is 0 Å². The molecule has 7 nitrogen and oxygen atoms in total. The Bertz CT molecular complexity index is 1030. The average molecular weight is 453 g/mol. The van der Waals surface area contributed by atoms with Crippen LogP contribution in [0.1, 0.15) is 37.3 Å². The maximum absolute atomic E-state index is 13.5. The van der Waals surface area contributed by atoms with Crippen LogP contribution in [0, 0.1) is 6.92 Å². The molecular weight excluding hydrogens is 420 g/mol. The van der Waals surface area contributed by atoms with Crippen LogP contribution in [0.3, 0.4) is 0 Å². The van der Waals surface area contributed by atoms with Crippen LogP contribution in [-0.4, -0.2) is 50.7 Å². The lowest BCUT2D eigenvalue weighted by molar-refractivity contribution is -0.137. The van der Waals surface area contributed by atoms with Crippen LogP contribution in [-0.2, 0) is 14.3 Å². The summed E-state index contributed by atoms with van der Waals surface area (Å²) in [5.41, 5.74) is 2.67. The van der Waals surface area contributed by atoms with Crippen LogP contribution in [0.4, 0.5) is 5.69 Å². The first-order valence-corrected chi connectivity index (χ1v) is 11.2. The summed E-state index contributed by atoms with van der Waals surface area (Å²) in [7, 11) is 3.11. The molecule has 2 aromatic carbocycles. The van der Waals surface area contributed by atoms with Crippen LogP contribution in [0.5, 0.6) is 11.5 Å². The third-order valence-electron chi connectivity index (χ3n) is 5.47. The zero-order valence-electron chi connectivity index (χ0n) is 19.8. The predicted molar refractivity (Wildman–Crippen MR) is 128 cm³/mol. The van der Waals surface area contributed by atoms with E-state index in [-0.39, 0.29) is 29.6 Å². The molecule has 0 saturated carbocycles. The molecule has 0 atom stereocenters. The molecule has 0 spiro atoms. The Morgan fingerprint density at radius 3 is 2.36 bits per heavy atom. The van der Waals surface area contributed by atoms with Crippen molar-refractivity contribution in [3.63, 3.8) is 0 Å². The van der Waals surface area contributed by atoms with Crippen molar-refractivity contribution in [2.24, 2.45) is 0 Å². The monoisotopic (exact) mass is 452 g/mol. The lowest BCUT2D eigenvalue weighted by atomic mass is 10.0. The lowest BCUT2D eigenvalue weighted by Crippen LogP contribution is -2.34. The minimum Gasteiger partial charge on any atom is -0.496 e. The molecule has 0 bridgehead atoms. The molecule has 0 saturated heterocycles. The number of hydrogen-bond donors (Lipinski definition) is 1. The number of benzene rings is 2. The molecular formula is C26H32N2O5. The highest BCUT2D eigenvalue weighted by Gasteiger charge is 2.40. The Kier molecular flexibility index (Phi) is 8.49. The SMILES string of the molecule is CCCCOCCCN1C(=O)C(Nc2cc(C)ccc2OC)=C(c2ccccc2OC)C1=O. The van der Waals surface area contributed by atoms with Gasteiger partial charge in [0.25, 0.3) is 11.8 Å². The van der Waals surface area contributed by atoms with Crippen molar-refractivity contribution in [3.8, 4) is 11.5 Å². The number of methoxy groups -OCH3 is 2. The number of unbranched alkanes of at least 4 members (excludes halogenated alkanes) is 1. The minimum absolute atomic E-state index is 0.209. The zero-order valence-corrected chi connectivity index (χ0v) is 19.8. The van der Waals surface area contributed by atoms with Crippen LogP contribution in [0.15, 0.2) is 48.2 Å². The van der Waals surface area contributed by atoms with Gasteiger partial charge in [0.1, 0.15) is 17.2 Å². The maximum atomic E-state index is 13.5. The maximum Gasteiger partial charge on any atom is 0.278 e. The number of nitrogens with zero attached hydrogens (tertiary/aromatic N) is 1. The summed E-state index contributed by atoms with van der Waals surface area (Å²) in [5.74, 6) is 0.370. The van der Waals surface area contributed by atoms with Gasteiger partial charge in [0, 0.05) is 25.3 Å². The second kappa shape index (κ2) is 11.5. The Morgan fingerprint density at radius 2 is 1.64 bits per heavy atom. The highest BCUT2D eigenvalue weighted by molar-refractivity contribution is 6.37. The van der Waals surface area contributed by atoms with Crippen molar-refractivity contribution >= 4 is 23.1 Å². The van der Waals surface area contributed by atoms with Crippen molar-refractivity contribution in [1.82, 2.24) is 4.90 Å². The largest absolute Gasteiger partial charge is 0.496 e. The van der Waals surface area contributed by atoms with Gasteiger partial charge in [0.15, 0.2) is 0 Å². The predicted octanol–water partition coefficient (Wildman–Crippen LogP) is 4.41. The highest BCUT2D eigenvalue weighted by Crippen LogP contribution is 2.37. The summed E-state index contributed by atoms with van der Waals surface area (Å²) in [4.78, 5) is 28.1. The number of rotatable bonds is 12. The molecule has 1 aliphatic heterocycles. The lowest BCUT2D eigenvalue weighted by Gasteiger charge is -2.16. The van der Waals surface area contributed by atoms with Crippen LogP contribution < -0.4 is 14.8 Å². The first-order chi connectivity index (χ1) is 16.0. The van der Waals surface area contributed by atoms with E-state index in [1.165, 1.54) is 4.90 Å². The third-order valence-corrected chi connectivity index (χ3v) is 5.47. The van der Waals surface area contributed by atoms with E-state index in [0.29, 0.717) is 42.4 Å². The molecule has 0 aliphatic carbocycles. The quantitative estimate of drug-likeness (QED) is 0.380. The third kappa shape index (κ3) is 5.54. The zero-order chi connectivity index (χ0) is 23.8. The van der Waals surface area contributed by atoms with E-state index in [1.807, 2.05) is 37.3 Å². The number of carbonyl (C=O) groups excluding carboxylic acids is 2. The fourth-order valence-corrected chi connectivity index (χ4v) is 3.72. The molecule has 1 heterocycles. The number of hydrogen-bond acceptors (Lipinski definition) is 6. The molecule has 2 amide bonds. The average Bonchev–Trinajstić information content (AvgIpc) is 3.05. The number of carbonyl (C=O) groups is 2. The van der Waals surface area contributed by atoms with Gasteiger partial charge < -0.3 is 19.5 Å². The number of ether oxygens (including phenoxy) is 3. The minimum atomic E-state index is -0.377. The molecule has 33 heavy (non-hydrogen) atoms. The molecule has 1 aliphatic rings. The molecule has 176 valence electrons. The number of para-hydroxylation sites is 1. The summed E-state index contributed by atoms with van der Waals surface area (Å²) in [6.07, 6.45) is 2.63. The number of amides is 2. The number of anilines is 1. The summed E-state index contributed by atoms with van der Waals surface area (Å²) in [5, 5.41) is 3.19. The van der Waals surface area contributed by atoms with Crippen molar-refractivity contribution in [3.05, 3.63) is 59.3 Å². The van der Waals surface area contributed by atoms with Gasteiger partial charge in [-0.05, 0) is 43.5 Å². The number of nitrogens with one attached hydrogen (secondary N) is 1. The molecule has 0 radical (unpaired) electrons. The van der Waals surface area contributed by atoms with Crippen LogP contribution in [0.25, 0.3) is 5.57 Å². The van der Waals surface area contributed by atoms with Gasteiger partial charge in [-0.1, -0.05) is 37.6 Å². The fourth-order valence-electron chi connectivity index (χ4n) is 3.72. The van der Waals surface area contributed by atoms with E-state index in [1.54, 1.807) is 26.4 Å². The molecule has 0 aromatic heterocycles. The highest BCUT2D eigenvalue weighted by atomic mass is 16.5. The van der Waals surface area contributed by atoms with E-state index in [0.717, 1.165) is 18.4 Å². The van der Waals surface area contributed by atoms with Gasteiger partial charge in [-0.2, -0.15) is 0 Å². The summed E-state index contributed by atoms with van der Waals surface area (Å²) >= 11 is 0. The number of aryl methyl sites for hydroxylation is 1. The standard InChI is InChI=1S/C26H32N2O5/c1-5-6-15-33-16-9-14-28-25(29)23(19-10-7-8-11-21(19)31-3)24(26(28)30)27-20-17-18(2)12-13-22(20)32-4/h7-8,10-13,17,27H,5-6,9,14-16H2,1-4H3. The van der Waals surface area contributed by atoms with E-state index >= 15 is 0 Å². The van der Waals surface area contributed by atoms with Gasteiger partial charge in [-0.25, -0.2) is 0 Å². The Labute approximate surface area is 195 Å². The second-order valence-corrected chi connectivity index (χ2v) is 7.86. The Morgan fingerprint density at radius 1 is 0.909 bits per heavy atom. The van der Waals surface area contributed by atoms with Crippen molar-refractivity contribution in [2.75, 3.05) is 39.3 Å². The fraction of sp³-hybridized carbons (Fsp3) is 0.385. The molecule has 3 rings (SSSR count). The van der Waals surface area contributed by atoms with Gasteiger partial charge in [-0.15, -0.1) is 0 Å².